The molecule has 0 radical (unpaired) electrons. The Balaban J connectivity index is 2.80. The normalized spacial score (nSPS) is 12.4. The van der Waals surface area contributed by atoms with Crippen LogP contribution < -0.4 is 5.32 Å². The molecule has 0 aromatic carbocycles. The van der Waals surface area contributed by atoms with Gasteiger partial charge in [0.25, 0.3) is 5.69 Å². The number of aromatic nitrogens is 1. The zero-order chi connectivity index (χ0) is 12.7. The van der Waals surface area contributed by atoms with E-state index in [2.05, 4.69) is 17.2 Å². The molecule has 1 N–H and O–H groups in total. The Morgan fingerprint density at radius 2 is 2.29 bits per heavy atom. The lowest BCUT2D eigenvalue weighted by Crippen LogP contribution is -2.31. The molecule has 1 heterocycles. The molecule has 0 bridgehead atoms. The van der Waals surface area contributed by atoms with Crippen LogP contribution in [0.4, 0.5) is 5.69 Å². The maximum Gasteiger partial charge on any atom is 0.290 e. The molecule has 1 rings (SSSR count). The first kappa shape index (κ1) is 13.6. The highest BCUT2D eigenvalue weighted by Crippen LogP contribution is 2.17. The predicted molar refractivity (Wildman–Crippen MR) is 67.0 cm³/mol. The summed E-state index contributed by atoms with van der Waals surface area (Å²) in [6, 6.07) is 3.37. The van der Waals surface area contributed by atoms with Crippen LogP contribution in [-0.4, -0.2) is 22.5 Å². The van der Waals surface area contributed by atoms with Gasteiger partial charge in [-0.15, -0.1) is 0 Å². The van der Waals surface area contributed by atoms with Gasteiger partial charge in [-0.3, -0.25) is 15.1 Å². The van der Waals surface area contributed by atoms with Gasteiger partial charge in [0.1, 0.15) is 5.69 Å². The van der Waals surface area contributed by atoms with Gasteiger partial charge in [-0.05, 0) is 19.0 Å². The molecule has 0 spiro atoms. The number of rotatable bonds is 7. The van der Waals surface area contributed by atoms with Crippen LogP contribution in [0.5, 0.6) is 0 Å². The molecule has 1 unspecified atom stereocenters. The van der Waals surface area contributed by atoms with E-state index in [1.807, 2.05) is 6.92 Å². The van der Waals surface area contributed by atoms with Crippen molar-refractivity contribution in [2.75, 3.05) is 6.54 Å². The molecule has 1 aromatic heterocycles. The van der Waals surface area contributed by atoms with Crippen LogP contribution in [0.25, 0.3) is 0 Å². The van der Waals surface area contributed by atoms with E-state index in [9.17, 15) is 10.1 Å². The maximum atomic E-state index is 10.9. The SMILES string of the molecule is CCCC(Cc1ncccc1[N+](=O)[O-])NCC. The number of hydrogen-bond donors (Lipinski definition) is 1. The molecular weight excluding hydrogens is 218 g/mol. The molecule has 5 heteroatoms. The van der Waals surface area contributed by atoms with Crippen LogP contribution in [-0.2, 0) is 6.42 Å². The molecule has 0 fully saturated rings. The fraction of sp³-hybridized carbons (Fsp3) is 0.583. The molecule has 5 nitrogen and oxygen atoms in total. The molecule has 1 atom stereocenters. The Bertz CT molecular complexity index is 363. The highest BCUT2D eigenvalue weighted by Gasteiger charge is 2.17. The number of nitrogens with zero attached hydrogens (tertiary/aromatic N) is 2. The molecule has 94 valence electrons. The number of nitro groups is 1. The minimum Gasteiger partial charge on any atom is -0.314 e. The van der Waals surface area contributed by atoms with E-state index in [4.69, 9.17) is 0 Å². The van der Waals surface area contributed by atoms with E-state index in [-0.39, 0.29) is 16.7 Å². The van der Waals surface area contributed by atoms with E-state index >= 15 is 0 Å². The summed E-state index contributed by atoms with van der Waals surface area (Å²) in [5.41, 5.74) is 0.684. The van der Waals surface area contributed by atoms with Gasteiger partial charge in [0.15, 0.2) is 0 Å². The van der Waals surface area contributed by atoms with Crippen molar-refractivity contribution >= 4 is 5.69 Å². The zero-order valence-electron chi connectivity index (χ0n) is 10.3. The van der Waals surface area contributed by atoms with Gasteiger partial charge < -0.3 is 5.32 Å². The highest BCUT2D eigenvalue weighted by atomic mass is 16.6. The molecule has 0 aliphatic rings. The van der Waals surface area contributed by atoms with Gasteiger partial charge >= 0.3 is 0 Å². The molecule has 0 aliphatic carbocycles. The van der Waals surface area contributed by atoms with Gasteiger partial charge in [0, 0.05) is 24.7 Å². The number of nitrogens with one attached hydrogen (secondary N) is 1. The molecular formula is C12H19N3O2. The number of likely N-dealkylation sites (N-methyl/N-ethyl adjacent to an activating group) is 1. The molecule has 0 saturated carbocycles. The average Bonchev–Trinajstić information content (AvgIpc) is 2.30. The Morgan fingerprint density at radius 1 is 1.53 bits per heavy atom. The van der Waals surface area contributed by atoms with Crippen molar-refractivity contribution in [2.45, 2.75) is 39.2 Å². The van der Waals surface area contributed by atoms with Crippen molar-refractivity contribution < 1.29 is 4.92 Å². The lowest BCUT2D eigenvalue weighted by atomic mass is 10.0. The maximum absolute atomic E-state index is 10.9. The van der Waals surface area contributed by atoms with Gasteiger partial charge in [0.2, 0.25) is 0 Å². The third kappa shape index (κ3) is 4.11. The van der Waals surface area contributed by atoms with E-state index in [0.717, 1.165) is 19.4 Å². The van der Waals surface area contributed by atoms with E-state index in [0.29, 0.717) is 12.1 Å². The summed E-state index contributed by atoms with van der Waals surface area (Å²) >= 11 is 0. The van der Waals surface area contributed by atoms with Crippen LogP contribution in [0.2, 0.25) is 0 Å². The highest BCUT2D eigenvalue weighted by molar-refractivity contribution is 5.34. The minimum absolute atomic E-state index is 0.117. The largest absolute Gasteiger partial charge is 0.314 e. The molecule has 17 heavy (non-hydrogen) atoms. The van der Waals surface area contributed by atoms with Gasteiger partial charge in [-0.1, -0.05) is 20.3 Å². The molecule has 0 amide bonds. The van der Waals surface area contributed by atoms with Crippen molar-refractivity contribution in [3.63, 3.8) is 0 Å². The smallest absolute Gasteiger partial charge is 0.290 e. The standard InChI is InChI=1S/C12H19N3O2/c1-3-6-10(13-4-2)9-11-12(15(16)17)7-5-8-14-11/h5,7-8,10,13H,3-4,6,9H2,1-2H3. The van der Waals surface area contributed by atoms with Crippen molar-refractivity contribution in [1.29, 1.82) is 0 Å². The van der Waals surface area contributed by atoms with Crippen LogP contribution in [0, 0.1) is 10.1 Å². The quantitative estimate of drug-likeness (QED) is 0.583. The van der Waals surface area contributed by atoms with Crippen molar-refractivity contribution in [3.05, 3.63) is 34.1 Å². The third-order valence-electron chi connectivity index (χ3n) is 2.63. The Labute approximate surface area is 101 Å². The molecule has 1 aromatic rings. The zero-order valence-corrected chi connectivity index (χ0v) is 10.3. The van der Waals surface area contributed by atoms with Crippen LogP contribution in [0.15, 0.2) is 18.3 Å². The van der Waals surface area contributed by atoms with Crippen LogP contribution >= 0.6 is 0 Å². The number of hydrogen-bond acceptors (Lipinski definition) is 4. The summed E-state index contributed by atoms with van der Waals surface area (Å²) in [6.45, 7) is 5.01. The topological polar surface area (TPSA) is 68.1 Å². The minimum atomic E-state index is -0.364. The fourth-order valence-corrected chi connectivity index (χ4v) is 1.90. The van der Waals surface area contributed by atoms with Crippen LogP contribution in [0.3, 0.4) is 0 Å². The van der Waals surface area contributed by atoms with Crippen molar-refractivity contribution in [1.82, 2.24) is 10.3 Å². The first-order chi connectivity index (χ1) is 8.19. The Morgan fingerprint density at radius 3 is 2.88 bits per heavy atom. The first-order valence-electron chi connectivity index (χ1n) is 6.00. The monoisotopic (exact) mass is 237 g/mol. The molecule has 0 aliphatic heterocycles. The van der Waals surface area contributed by atoms with Crippen LogP contribution in [0.1, 0.15) is 32.4 Å². The van der Waals surface area contributed by atoms with E-state index in [1.54, 1.807) is 12.3 Å². The summed E-state index contributed by atoms with van der Waals surface area (Å²) in [4.78, 5) is 14.6. The van der Waals surface area contributed by atoms with Gasteiger partial charge in [-0.25, -0.2) is 0 Å². The second kappa shape index (κ2) is 6.96. The Kier molecular flexibility index (Phi) is 5.56. The summed E-state index contributed by atoms with van der Waals surface area (Å²) in [5, 5.41) is 14.2. The fourth-order valence-electron chi connectivity index (χ4n) is 1.90. The second-order valence-electron chi connectivity index (χ2n) is 3.97. The lowest BCUT2D eigenvalue weighted by molar-refractivity contribution is -0.386. The summed E-state index contributed by atoms with van der Waals surface area (Å²) < 4.78 is 0. The van der Waals surface area contributed by atoms with Gasteiger partial charge in [-0.2, -0.15) is 0 Å². The van der Waals surface area contributed by atoms with E-state index in [1.165, 1.54) is 6.07 Å². The predicted octanol–water partition coefficient (Wildman–Crippen LogP) is 2.31. The van der Waals surface area contributed by atoms with Crippen molar-refractivity contribution in [2.24, 2.45) is 0 Å². The lowest BCUT2D eigenvalue weighted by Gasteiger charge is -2.16. The summed E-state index contributed by atoms with van der Waals surface area (Å²) in [6.07, 6.45) is 4.27. The average molecular weight is 237 g/mol. The second-order valence-corrected chi connectivity index (χ2v) is 3.97. The third-order valence-corrected chi connectivity index (χ3v) is 2.63. The summed E-state index contributed by atoms with van der Waals surface area (Å²) in [7, 11) is 0. The van der Waals surface area contributed by atoms with Gasteiger partial charge in [0.05, 0.1) is 4.92 Å². The number of pyridine rings is 1. The Hall–Kier alpha value is -1.49. The first-order valence-corrected chi connectivity index (χ1v) is 6.00. The van der Waals surface area contributed by atoms with Crippen molar-refractivity contribution in [3.8, 4) is 0 Å². The molecule has 0 saturated heterocycles. The van der Waals surface area contributed by atoms with E-state index < -0.39 is 0 Å². The summed E-state index contributed by atoms with van der Waals surface area (Å²) in [5.74, 6) is 0.